The van der Waals surface area contributed by atoms with Gasteiger partial charge in [-0.2, -0.15) is 0 Å². The van der Waals surface area contributed by atoms with Crippen LogP contribution in [0.15, 0.2) is 12.1 Å². The van der Waals surface area contributed by atoms with E-state index in [-0.39, 0.29) is 12.4 Å². The van der Waals surface area contributed by atoms with Gasteiger partial charge in [-0.15, -0.1) is 0 Å². The van der Waals surface area contributed by atoms with Crippen LogP contribution in [0.4, 0.5) is 0 Å². The SMILES string of the molecule is Cc1cc(C(=O)OC(C)(C)C)cc(CO)c1O. The van der Waals surface area contributed by atoms with E-state index in [0.717, 1.165) is 0 Å². The first-order valence-corrected chi connectivity index (χ1v) is 5.41. The van der Waals surface area contributed by atoms with Gasteiger partial charge in [0, 0.05) is 5.56 Å². The molecular weight excluding hydrogens is 220 g/mol. The average molecular weight is 238 g/mol. The number of ether oxygens (including phenoxy) is 1. The summed E-state index contributed by atoms with van der Waals surface area (Å²) in [5.74, 6) is -0.449. The Kier molecular flexibility index (Phi) is 3.78. The van der Waals surface area contributed by atoms with Gasteiger partial charge in [0.05, 0.1) is 12.2 Å². The van der Waals surface area contributed by atoms with Gasteiger partial charge in [0.25, 0.3) is 0 Å². The number of aliphatic hydroxyl groups is 1. The van der Waals surface area contributed by atoms with Crippen LogP contribution in [-0.2, 0) is 11.3 Å². The molecule has 0 aromatic heterocycles. The predicted octanol–water partition coefficient (Wildman–Crippen LogP) is 2.15. The number of phenols is 1. The molecule has 0 heterocycles. The Morgan fingerprint density at radius 2 is 1.94 bits per heavy atom. The summed E-state index contributed by atoms with van der Waals surface area (Å²) in [7, 11) is 0. The van der Waals surface area contributed by atoms with Crippen LogP contribution in [0.25, 0.3) is 0 Å². The zero-order chi connectivity index (χ0) is 13.2. The number of rotatable bonds is 2. The summed E-state index contributed by atoms with van der Waals surface area (Å²) in [6.07, 6.45) is 0. The van der Waals surface area contributed by atoms with Crippen molar-refractivity contribution >= 4 is 5.97 Å². The van der Waals surface area contributed by atoms with Crippen LogP contribution < -0.4 is 0 Å². The van der Waals surface area contributed by atoms with Gasteiger partial charge >= 0.3 is 5.97 Å². The van der Waals surface area contributed by atoms with Crippen molar-refractivity contribution in [3.8, 4) is 5.75 Å². The van der Waals surface area contributed by atoms with E-state index in [1.807, 2.05) is 0 Å². The summed E-state index contributed by atoms with van der Waals surface area (Å²) in [6, 6.07) is 2.99. The van der Waals surface area contributed by atoms with Crippen LogP contribution in [-0.4, -0.2) is 21.8 Å². The second-order valence-corrected chi connectivity index (χ2v) is 4.96. The average Bonchev–Trinajstić information content (AvgIpc) is 2.19. The monoisotopic (exact) mass is 238 g/mol. The lowest BCUT2D eigenvalue weighted by Gasteiger charge is -2.20. The summed E-state index contributed by atoms with van der Waals surface area (Å²) < 4.78 is 5.22. The quantitative estimate of drug-likeness (QED) is 0.775. The largest absolute Gasteiger partial charge is 0.507 e. The second kappa shape index (κ2) is 4.75. The summed E-state index contributed by atoms with van der Waals surface area (Å²) in [5, 5.41) is 18.7. The molecule has 0 unspecified atom stereocenters. The molecule has 0 fully saturated rings. The molecule has 4 nitrogen and oxygen atoms in total. The highest BCUT2D eigenvalue weighted by molar-refractivity contribution is 5.90. The van der Waals surface area contributed by atoms with E-state index in [0.29, 0.717) is 16.7 Å². The van der Waals surface area contributed by atoms with Crippen LogP contribution in [0.3, 0.4) is 0 Å². The molecule has 0 spiro atoms. The van der Waals surface area contributed by atoms with Crippen LogP contribution in [0.2, 0.25) is 0 Å². The van der Waals surface area contributed by atoms with Crippen LogP contribution >= 0.6 is 0 Å². The molecule has 0 atom stereocenters. The van der Waals surface area contributed by atoms with Crippen LogP contribution in [0, 0.1) is 6.92 Å². The van der Waals surface area contributed by atoms with Gasteiger partial charge in [0.15, 0.2) is 0 Å². The molecule has 94 valence electrons. The fourth-order valence-corrected chi connectivity index (χ4v) is 1.43. The first-order chi connectivity index (χ1) is 7.74. The molecule has 0 aliphatic rings. The van der Waals surface area contributed by atoms with Crippen molar-refractivity contribution in [1.29, 1.82) is 0 Å². The molecule has 0 saturated heterocycles. The highest BCUT2D eigenvalue weighted by Gasteiger charge is 2.19. The molecule has 0 radical (unpaired) electrons. The van der Waals surface area contributed by atoms with Gasteiger partial charge in [-0.3, -0.25) is 0 Å². The third-order valence-corrected chi connectivity index (χ3v) is 2.18. The maximum absolute atomic E-state index is 11.8. The Balaban J connectivity index is 3.07. The first kappa shape index (κ1) is 13.5. The number of carbonyl (C=O) groups is 1. The lowest BCUT2D eigenvalue weighted by molar-refractivity contribution is 0.00692. The minimum atomic E-state index is -0.567. The molecule has 0 amide bonds. The molecule has 17 heavy (non-hydrogen) atoms. The van der Waals surface area contributed by atoms with E-state index < -0.39 is 11.6 Å². The highest BCUT2D eigenvalue weighted by Crippen LogP contribution is 2.25. The summed E-state index contributed by atoms with van der Waals surface area (Å²) in [4.78, 5) is 11.8. The zero-order valence-corrected chi connectivity index (χ0v) is 10.6. The van der Waals surface area contributed by atoms with E-state index >= 15 is 0 Å². The lowest BCUT2D eigenvalue weighted by atomic mass is 10.0. The number of aromatic hydroxyl groups is 1. The number of hydrogen-bond donors (Lipinski definition) is 2. The van der Waals surface area contributed by atoms with Gasteiger partial charge in [-0.1, -0.05) is 0 Å². The fourth-order valence-electron chi connectivity index (χ4n) is 1.43. The molecule has 0 aliphatic carbocycles. The van der Waals surface area contributed by atoms with E-state index in [1.54, 1.807) is 33.8 Å². The standard InChI is InChI=1S/C13H18O4/c1-8-5-9(6-10(7-14)11(8)15)12(16)17-13(2,3)4/h5-6,14-15H,7H2,1-4H3. The minimum Gasteiger partial charge on any atom is -0.507 e. The van der Waals surface area contributed by atoms with Crippen LogP contribution in [0.1, 0.15) is 42.3 Å². The maximum atomic E-state index is 11.8. The van der Waals surface area contributed by atoms with E-state index in [2.05, 4.69) is 0 Å². The van der Waals surface area contributed by atoms with Crippen molar-refractivity contribution in [3.05, 3.63) is 28.8 Å². The molecule has 0 bridgehead atoms. The molecule has 0 aliphatic heterocycles. The molecule has 4 heteroatoms. The van der Waals surface area contributed by atoms with Crippen molar-refractivity contribution < 1.29 is 19.7 Å². The number of aryl methyl sites for hydroxylation is 1. The van der Waals surface area contributed by atoms with Crippen molar-refractivity contribution in [3.63, 3.8) is 0 Å². The smallest absolute Gasteiger partial charge is 0.338 e. The zero-order valence-electron chi connectivity index (χ0n) is 10.6. The number of aliphatic hydroxyl groups excluding tert-OH is 1. The Hall–Kier alpha value is -1.55. The van der Waals surface area contributed by atoms with Crippen molar-refractivity contribution in [1.82, 2.24) is 0 Å². The number of benzene rings is 1. The Morgan fingerprint density at radius 3 is 2.41 bits per heavy atom. The Labute approximate surface area is 101 Å². The van der Waals surface area contributed by atoms with E-state index in [1.165, 1.54) is 6.07 Å². The maximum Gasteiger partial charge on any atom is 0.338 e. The van der Waals surface area contributed by atoms with Gasteiger partial charge in [0.2, 0.25) is 0 Å². The third-order valence-electron chi connectivity index (χ3n) is 2.18. The Morgan fingerprint density at radius 1 is 1.35 bits per heavy atom. The Bertz CT molecular complexity index is 430. The summed E-state index contributed by atoms with van der Waals surface area (Å²) in [5.41, 5.74) is 0.630. The highest BCUT2D eigenvalue weighted by atomic mass is 16.6. The molecule has 1 aromatic rings. The molecule has 2 N–H and O–H groups in total. The van der Waals surface area contributed by atoms with Crippen molar-refractivity contribution in [2.75, 3.05) is 0 Å². The van der Waals surface area contributed by atoms with E-state index in [4.69, 9.17) is 9.84 Å². The lowest BCUT2D eigenvalue weighted by Crippen LogP contribution is -2.24. The fraction of sp³-hybridized carbons (Fsp3) is 0.462. The molecule has 1 aromatic carbocycles. The molecular formula is C13H18O4. The molecule has 1 rings (SSSR count). The predicted molar refractivity (Wildman–Crippen MR) is 63.9 cm³/mol. The van der Waals surface area contributed by atoms with Crippen molar-refractivity contribution in [2.45, 2.75) is 39.9 Å². The normalized spacial score (nSPS) is 11.4. The number of hydrogen-bond acceptors (Lipinski definition) is 4. The topological polar surface area (TPSA) is 66.8 Å². The third kappa shape index (κ3) is 3.46. The second-order valence-electron chi connectivity index (χ2n) is 4.96. The molecule has 0 saturated carbocycles. The number of carbonyl (C=O) groups excluding carboxylic acids is 1. The van der Waals surface area contributed by atoms with Crippen LogP contribution in [0.5, 0.6) is 5.75 Å². The van der Waals surface area contributed by atoms with Gasteiger partial charge in [-0.25, -0.2) is 4.79 Å². The minimum absolute atomic E-state index is 0.0137. The summed E-state index contributed by atoms with van der Waals surface area (Å²) >= 11 is 0. The van der Waals surface area contributed by atoms with Gasteiger partial charge in [0.1, 0.15) is 11.4 Å². The van der Waals surface area contributed by atoms with E-state index in [9.17, 15) is 9.90 Å². The van der Waals surface area contributed by atoms with Crippen molar-refractivity contribution in [2.24, 2.45) is 0 Å². The van der Waals surface area contributed by atoms with Gasteiger partial charge < -0.3 is 14.9 Å². The number of esters is 1. The summed E-state index contributed by atoms with van der Waals surface area (Å²) in [6.45, 7) is 6.70. The van der Waals surface area contributed by atoms with Gasteiger partial charge in [-0.05, 0) is 45.4 Å². The first-order valence-electron chi connectivity index (χ1n) is 5.41.